The number of benzene rings is 1. The van der Waals surface area contributed by atoms with Gasteiger partial charge in [-0.2, -0.15) is 0 Å². The van der Waals surface area contributed by atoms with Gasteiger partial charge < -0.3 is 34.3 Å². The maximum Gasteiger partial charge on any atom is 1.00 e. The topological polar surface area (TPSA) is 8.17 Å². The molecule has 1 aromatic heterocycles. The standard InChI is InChI=1S/C13H14N2S2.K/c1-14-9-5-8-12(14)15(13(16)17)10-11-6-3-2-4-7-11;/h2-9H,10H2,1H3,(H,16,17);/q;+1/p-1. The number of aromatic nitrogens is 1. The number of hydrogen-bond donors (Lipinski definition) is 0. The zero-order valence-electron chi connectivity index (χ0n) is 10.5. The van der Waals surface area contributed by atoms with E-state index in [1.807, 2.05) is 53.0 Å². The average Bonchev–Trinajstić information content (AvgIpc) is 2.73. The normalized spacial score (nSPS) is 9.61. The van der Waals surface area contributed by atoms with Gasteiger partial charge in [-0.25, -0.2) is 0 Å². The van der Waals surface area contributed by atoms with E-state index in [2.05, 4.69) is 12.1 Å². The summed E-state index contributed by atoms with van der Waals surface area (Å²) in [6, 6.07) is 14.2. The molecule has 5 heteroatoms. The molecule has 0 bridgehead atoms. The quantitative estimate of drug-likeness (QED) is 0.444. The van der Waals surface area contributed by atoms with Crippen molar-refractivity contribution in [2.75, 3.05) is 4.90 Å². The largest absolute Gasteiger partial charge is 1.00 e. The predicted octanol–water partition coefficient (Wildman–Crippen LogP) is -0.132. The van der Waals surface area contributed by atoms with Crippen molar-refractivity contribution in [3.8, 4) is 0 Å². The average molecular weight is 300 g/mol. The van der Waals surface area contributed by atoms with Gasteiger partial charge >= 0.3 is 51.4 Å². The molecule has 0 atom stereocenters. The third-order valence-electron chi connectivity index (χ3n) is 2.60. The first-order valence-electron chi connectivity index (χ1n) is 5.32. The van der Waals surface area contributed by atoms with Crippen molar-refractivity contribution in [2.24, 2.45) is 7.05 Å². The molecule has 2 rings (SSSR count). The Morgan fingerprint density at radius 1 is 1.22 bits per heavy atom. The molecule has 0 radical (unpaired) electrons. The maximum absolute atomic E-state index is 5.15. The summed E-state index contributed by atoms with van der Waals surface area (Å²) in [6.45, 7) is 0.709. The molecule has 0 aliphatic heterocycles. The molecule has 88 valence electrons. The van der Waals surface area contributed by atoms with Crippen LogP contribution in [0.2, 0.25) is 0 Å². The molecular formula is C13H13KN2S2. The van der Waals surface area contributed by atoms with Gasteiger partial charge in [0, 0.05) is 19.8 Å². The maximum atomic E-state index is 5.15. The summed E-state index contributed by atoms with van der Waals surface area (Å²) in [5.41, 5.74) is 1.20. The van der Waals surface area contributed by atoms with E-state index in [4.69, 9.17) is 24.8 Å². The van der Waals surface area contributed by atoms with E-state index in [1.54, 1.807) is 0 Å². The first kappa shape index (κ1) is 16.3. The van der Waals surface area contributed by atoms with E-state index in [9.17, 15) is 0 Å². The monoisotopic (exact) mass is 300 g/mol. The smallest absolute Gasteiger partial charge is 0.411 e. The third-order valence-corrected chi connectivity index (χ3v) is 3.04. The van der Waals surface area contributed by atoms with Crippen molar-refractivity contribution in [1.29, 1.82) is 0 Å². The Kier molecular flexibility index (Phi) is 7.01. The van der Waals surface area contributed by atoms with Gasteiger partial charge in [0.25, 0.3) is 0 Å². The summed E-state index contributed by atoms with van der Waals surface area (Å²) in [5.74, 6) is 1.02. The van der Waals surface area contributed by atoms with Gasteiger partial charge in [-0.05, 0) is 17.7 Å². The van der Waals surface area contributed by atoms with Crippen LogP contribution in [0.1, 0.15) is 5.56 Å². The Morgan fingerprint density at radius 3 is 2.39 bits per heavy atom. The van der Waals surface area contributed by atoms with Crippen LogP contribution in [0.4, 0.5) is 5.82 Å². The van der Waals surface area contributed by atoms with Crippen molar-refractivity contribution in [1.82, 2.24) is 4.57 Å². The first-order valence-corrected chi connectivity index (χ1v) is 6.14. The number of rotatable bonds is 3. The SMILES string of the molecule is Cn1cccc1N(Cc1ccccc1)C(=S)[S-].[K+]. The van der Waals surface area contributed by atoms with E-state index < -0.39 is 0 Å². The minimum Gasteiger partial charge on any atom is -0.411 e. The van der Waals surface area contributed by atoms with Crippen molar-refractivity contribution in [3.63, 3.8) is 0 Å². The Balaban J connectivity index is 0.00000162. The van der Waals surface area contributed by atoms with Crippen molar-refractivity contribution in [2.45, 2.75) is 6.54 Å². The molecule has 0 aliphatic carbocycles. The number of anilines is 1. The van der Waals surface area contributed by atoms with E-state index in [0.717, 1.165) is 5.82 Å². The Labute approximate surface area is 161 Å². The van der Waals surface area contributed by atoms with E-state index in [1.165, 1.54) is 5.56 Å². The molecule has 1 aromatic carbocycles. The van der Waals surface area contributed by atoms with Gasteiger partial charge in [-0.3, -0.25) is 0 Å². The van der Waals surface area contributed by atoms with Crippen LogP contribution in [0.15, 0.2) is 48.7 Å². The number of nitrogens with zero attached hydrogens (tertiary/aromatic N) is 2. The summed E-state index contributed by atoms with van der Waals surface area (Å²) in [7, 11) is 1.99. The summed E-state index contributed by atoms with van der Waals surface area (Å²) in [4.78, 5) is 1.96. The van der Waals surface area contributed by atoms with Gasteiger partial charge in [-0.1, -0.05) is 34.7 Å². The second-order valence-electron chi connectivity index (χ2n) is 3.81. The van der Waals surface area contributed by atoms with Gasteiger partial charge in [0.15, 0.2) is 0 Å². The fraction of sp³-hybridized carbons (Fsp3) is 0.154. The van der Waals surface area contributed by atoms with Crippen LogP contribution in [-0.4, -0.2) is 8.89 Å². The van der Waals surface area contributed by atoms with Gasteiger partial charge in [0.2, 0.25) is 0 Å². The van der Waals surface area contributed by atoms with Crippen molar-refractivity contribution >= 4 is 35.0 Å². The van der Waals surface area contributed by atoms with Crippen LogP contribution in [0, 0.1) is 0 Å². The van der Waals surface area contributed by atoms with Crippen LogP contribution in [0.25, 0.3) is 0 Å². The molecule has 0 aliphatic rings. The minimum atomic E-state index is 0. The molecule has 0 saturated heterocycles. The molecule has 0 amide bonds. The molecule has 1 heterocycles. The molecule has 18 heavy (non-hydrogen) atoms. The Hall–Kier alpha value is 0.246. The molecule has 0 fully saturated rings. The summed E-state index contributed by atoms with van der Waals surface area (Å²) in [5, 5.41) is 0. The molecule has 2 aromatic rings. The molecule has 0 spiro atoms. The fourth-order valence-corrected chi connectivity index (χ4v) is 2.05. The molecule has 2 nitrogen and oxygen atoms in total. The number of aryl methyl sites for hydroxylation is 1. The molecule has 0 N–H and O–H groups in total. The van der Waals surface area contributed by atoms with Crippen LogP contribution in [0.5, 0.6) is 0 Å². The van der Waals surface area contributed by atoms with E-state index in [0.29, 0.717) is 10.9 Å². The van der Waals surface area contributed by atoms with Gasteiger partial charge in [0.1, 0.15) is 5.82 Å². The van der Waals surface area contributed by atoms with Crippen LogP contribution < -0.4 is 56.3 Å². The predicted molar refractivity (Wildman–Crippen MR) is 78.0 cm³/mol. The number of thiocarbonyl (C=S) groups is 1. The summed E-state index contributed by atoms with van der Waals surface area (Å²) in [6.07, 6.45) is 1.99. The molecule has 0 unspecified atom stereocenters. The van der Waals surface area contributed by atoms with Crippen LogP contribution in [0.3, 0.4) is 0 Å². The van der Waals surface area contributed by atoms with Gasteiger partial charge in [-0.15, -0.1) is 0 Å². The van der Waals surface area contributed by atoms with Crippen LogP contribution in [-0.2, 0) is 26.2 Å². The third kappa shape index (κ3) is 4.13. The van der Waals surface area contributed by atoms with Crippen molar-refractivity contribution < 1.29 is 51.4 Å². The summed E-state index contributed by atoms with van der Waals surface area (Å²) >= 11 is 10.3. The fourth-order valence-electron chi connectivity index (χ4n) is 1.74. The first-order chi connectivity index (χ1) is 8.18. The van der Waals surface area contributed by atoms with E-state index >= 15 is 0 Å². The van der Waals surface area contributed by atoms with Crippen molar-refractivity contribution in [3.05, 3.63) is 54.2 Å². The second kappa shape index (κ2) is 7.74. The van der Waals surface area contributed by atoms with E-state index in [-0.39, 0.29) is 51.4 Å². The molecular weight excluding hydrogens is 287 g/mol. The van der Waals surface area contributed by atoms with Crippen LogP contribution >= 0.6 is 12.2 Å². The second-order valence-corrected chi connectivity index (χ2v) is 4.85. The van der Waals surface area contributed by atoms with Gasteiger partial charge in [0.05, 0.1) is 0 Å². The zero-order chi connectivity index (χ0) is 12.3. The Morgan fingerprint density at radius 2 is 1.89 bits per heavy atom. The minimum absolute atomic E-state index is 0. The zero-order valence-corrected chi connectivity index (χ0v) is 15.3. The number of hydrogen-bond acceptors (Lipinski definition) is 2. The Bertz CT molecular complexity index is 511. The summed E-state index contributed by atoms with van der Waals surface area (Å²) < 4.78 is 2.48. The molecule has 0 saturated carbocycles.